The summed E-state index contributed by atoms with van der Waals surface area (Å²) >= 11 is 0. The minimum atomic E-state index is -0.490. The number of aliphatic imine (C=N–C) groups is 1. The van der Waals surface area contributed by atoms with Crippen molar-refractivity contribution in [3.8, 4) is 17.2 Å². The second-order valence-electron chi connectivity index (χ2n) is 7.99. The van der Waals surface area contributed by atoms with E-state index in [-0.39, 0.29) is 17.5 Å². The molecular weight excluding hydrogens is 420 g/mol. The van der Waals surface area contributed by atoms with Gasteiger partial charge in [0.15, 0.2) is 17.1 Å². The van der Waals surface area contributed by atoms with Gasteiger partial charge in [0, 0.05) is 17.9 Å². The van der Waals surface area contributed by atoms with Crippen LogP contribution in [-0.4, -0.2) is 23.0 Å². The quantitative estimate of drug-likeness (QED) is 0.377. The molecule has 0 aliphatic carbocycles. The monoisotopic (exact) mass is 442 g/mol. The molecule has 1 aliphatic rings. The van der Waals surface area contributed by atoms with Crippen LogP contribution in [0.4, 0.5) is 11.4 Å². The van der Waals surface area contributed by atoms with Crippen molar-refractivity contribution in [3.05, 3.63) is 87.8 Å². The third-order valence-corrected chi connectivity index (χ3v) is 5.88. The van der Waals surface area contributed by atoms with Gasteiger partial charge in [0.25, 0.3) is 0 Å². The molecular formula is C26H22N2O5. The van der Waals surface area contributed by atoms with E-state index in [0.29, 0.717) is 34.7 Å². The Bertz CT molecular complexity index is 1470. The van der Waals surface area contributed by atoms with Gasteiger partial charge in [0.1, 0.15) is 5.75 Å². The van der Waals surface area contributed by atoms with E-state index in [1.165, 1.54) is 13.2 Å². The highest BCUT2D eigenvalue weighted by Gasteiger charge is 2.26. The number of benzene rings is 3. The zero-order valence-electron chi connectivity index (χ0n) is 18.1. The minimum absolute atomic E-state index is 0.0225. The van der Waals surface area contributed by atoms with Crippen LogP contribution in [0, 0.1) is 6.92 Å². The molecule has 4 aromatic rings. The largest absolute Gasteiger partial charge is 0.507 e. The van der Waals surface area contributed by atoms with Crippen molar-refractivity contribution in [2.24, 2.45) is 4.99 Å². The predicted octanol–water partition coefficient (Wildman–Crippen LogP) is 5.20. The lowest BCUT2D eigenvalue weighted by atomic mass is 9.94. The first-order valence-electron chi connectivity index (χ1n) is 10.5. The lowest BCUT2D eigenvalue weighted by molar-refractivity contribution is 0.373. The molecule has 166 valence electrons. The molecule has 5 rings (SSSR count). The molecule has 0 radical (unpaired) electrons. The number of aromatic hydroxyl groups is 2. The van der Waals surface area contributed by atoms with Crippen LogP contribution in [0.15, 0.2) is 74.9 Å². The zero-order valence-corrected chi connectivity index (χ0v) is 18.1. The number of ether oxygens (including phenoxy) is 1. The third kappa shape index (κ3) is 3.67. The van der Waals surface area contributed by atoms with E-state index in [0.717, 1.165) is 22.2 Å². The first-order valence-corrected chi connectivity index (χ1v) is 10.5. The molecule has 1 aliphatic heterocycles. The van der Waals surface area contributed by atoms with Gasteiger partial charge in [0.2, 0.25) is 0 Å². The highest BCUT2D eigenvalue weighted by molar-refractivity contribution is 6.13. The summed E-state index contributed by atoms with van der Waals surface area (Å²) in [5.74, 6) is 0.388. The number of phenols is 2. The molecule has 0 bridgehead atoms. The summed E-state index contributed by atoms with van der Waals surface area (Å²) in [6.45, 7) is 1.83. The number of aryl methyl sites for hydroxylation is 1. The topological polar surface area (TPSA) is 104 Å². The molecule has 3 N–H and O–H groups in total. The Morgan fingerprint density at radius 1 is 1.06 bits per heavy atom. The van der Waals surface area contributed by atoms with Crippen LogP contribution in [-0.2, 0) is 0 Å². The Balaban J connectivity index is 1.72. The summed E-state index contributed by atoms with van der Waals surface area (Å²) in [6.07, 6.45) is 0.366. The normalized spacial score (nSPS) is 15.3. The maximum absolute atomic E-state index is 12.2. The first kappa shape index (κ1) is 20.6. The van der Waals surface area contributed by atoms with Gasteiger partial charge in [-0.15, -0.1) is 0 Å². The molecule has 0 saturated carbocycles. The third-order valence-electron chi connectivity index (χ3n) is 5.88. The van der Waals surface area contributed by atoms with Gasteiger partial charge in [0.05, 0.1) is 35.8 Å². The number of fused-ring (bicyclic) bond motifs is 2. The second-order valence-corrected chi connectivity index (χ2v) is 7.99. The van der Waals surface area contributed by atoms with E-state index in [2.05, 4.69) is 5.32 Å². The van der Waals surface area contributed by atoms with E-state index in [9.17, 15) is 15.0 Å². The lowest BCUT2D eigenvalue weighted by Gasteiger charge is -2.20. The van der Waals surface area contributed by atoms with Crippen LogP contribution in [0.5, 0.6) is 17.2 Å². The molecule has 3 aromatic carbocycles. The fraction of sp³-hybridized carbons (Fsp3) is 0.154. The van der Waals surface area contributed by atoms with Gasteiger partial charge in [-0.1, -0.05) is 18.2 Å². The van der Waals surface area contributed by atoms with E-state index in [4.69, 9.17) is 14.1 Å². The van der Waals surface area contributed by atoms with E-state index in [1.807, 2.05) is 37.3 Å². The van der Waals surface area contributed by atoms with E-state index < -0.39 is 5.63 Å². The SMILES string of the molecule is COc1ccc([C@H]2CC(c3c(O)ccc4c(C)cc(=O)oc34)=Nc3ccccc3N2)cc1O. The van der Waals surface area contributed by atoms with Crippen molar-refractivity contribution in [1.82, 2.24) is 0 Å². The van der Waals surface area contributed by atoms with Crippen molar-refractivity contribution < 1.29 is 19.4 Å². The molecule has 0 fully saturated rings. The Morgan fingerprint density at radius 3 is 2.67 bits per heavy atom. The summed E-state index contributed by atoms with van der Waals surface area (Å²) in [4.78, 5) is 17.0. The first-order chi connectivity index (χ1) is 15.9. The number of rotatable bonds is 3. The maximum Gasteiger partial charge on any atom is 0.336 e. The summed E-state index contributed by atoms with van der Waals surface area (Å²) in [5.41, 5.74) is 3.83. The number of nitrogens with zero attached hydrogens (tertiary/aromatic N) is 1. The molecule has 1 atom stereocenters. The molecule has 2 heterocycles. The van der Waals surface area contributed by atoms with Gasteiger partial charge in [-0.2, -0.15) is 0 Å². The Morgan fingerprint density at radius 2 is 1.88 bits per heavy atom. The molecule has 1 aromatic heterocycles. The highest BCUT2D eigenvalue weighted by Crippen LogP contribution is 2.40. The van der Waals surface area contributed by atoms with Gasteiger partial charge in [-0.25, -0.2) is 4.79 Å². The molecule has 33 heavy (non-hydrogen) atoms. The van der Waals surface area contributed by atoms with Crippen molar-refractivity contribution in [2.45, 2.75) is 19.4 Å². The number of phenolic OH excluding ortho intramolecular Hbond substituents is 2. The van der Waals surface area contributed by atoms with Gasteiger partial charge in [-0.05, 0) is 54.4 Å². The van der Waals surface area contributed by atoms with Crippen LogP contribution in [0.2, 0.25) is 0 Å². The fourth-order valence-electron chi connectivity index (χ4n) is 4.25. The minimum Gasteiger partial charge on any atom is -0.507 e. The number of methoxy groups -OCH3 is 1. The Hall–Kier alpha value is -4.26. The van der Waals surface area contributed by atoms with Gasteiger partial charge >= 0.3 is 5.63 Å². The molecule has 0 amide bonds. The maximum atomic E-state index is 12.2. The van der Waals surface area contributed by atoms with Crippen LogP contribution < -0.4 is 15.7 Å². The summed E-state index contributed by atoms with van der Waals surface area (Å²) in [5, 5.41) is 25.4. The Labute approximate surface area is 189 Å². The average Bonchev–Trinajstić information content (AvgIpc) is 2.98. The summed E-state index contributed by atoms with van der Waals surface area (Å²) in [7, 11) is 1.50. The number of nitrogens with one attached hydrogen (secondary N) is 1. The smallest absolute Gasteiger partial charge is 0.336 e. The van der Waals surface area contributed by atoms with Crippen LogP contribution in [0.25, 0.3) is 11.0 Å². The number of hydrogen-bond donors (Lipinski definition) is 3. The van der Waals surface area contributed by atoms with Gasteiger partial charge in [-0.3, -0.25) is 4.99 Å². The van der Waals surface area contributed by atoms with Crippen molar-refractivity contribution in [1.29, 1.82) is 0 Å². The summed E-state index contributed by atoms with van der Waals surface area (Å²) in [6, 6.07) is 17.3. The Kier molecular flexibility index (Phi) is 5.01. The number of anilines is 1. The summed E-state index contributed by atoms with van der Waals surface area (Å²) < 4.78 is 10.7. The molecule has 0 saturated heterocycles. The van der Waals surface area contributed by atoms with Crippen molar-refractivity contribution in [3.63, 3.8) is 0 Å². The number of hydrogen-bond acceptors (Lipinski definition) is 7. The standard InChI is InChI=1S/C26H22N2O5/c1-14-11-24(31)33-26-16(14)8-9-21(29)25(26)20-13-19(15-7-10-23(32-2)22(30)12-15)27-17-5-3-4-6-18(17)28-20/h3-12,19,27,29-30H,13H2,1-2H3/t19-/m1/s1. The average molecular weight is 442 g/mol. The molecule has 7 heteroatoms. The van der Waals surface area contributed by atoms with Crippen LogP contribution in [0.1, 0.15) is 29.2 Å². The fourth-order valence-corrected chi connectivity index (χ4v) is 4.25. The van der Waals surface area contributed by atoms with Gasteiger partial charge < -0.3 is 24.7 Å². The zero-order chi connectivity index (χ0) is 23.1. The highest BCUT2D eigenvalue weighted by atomic mass is 16.5. The molecule has 0 unspecified atom stereocenters. The van der Waals surface area contributed by atoms with E-state index in [1.54, 1.807) is 24.3 Å². The second kappa shape index (κ2) is 8.02. The number of para-hydroxylation sites is 2. The molecule has 0 spiro atoms. The van der Waals surface area contributed by atoms with E-state index >= 15 is 0 Å². The predicted molar refractivity (Wildman–Crippen MR) is 127 cm³/mol. The van der Waals surface area contributed by atoms with Crippen molar-refractivity contribution >= 4 is 28.1 Å². The van der Waals surface area contributed by atoms with Crippen LogP contribution in [0.3, 0.4) is 0 Å². The molecule has 7 nitrogen and oxygen atoms in total. The lowest BCUT2D eigenvalue weighted by Crippen LogP contribution is -2.15. The van der Waals surface area contributed by atoms with Crippen molar-refractivity contribution in [2.75, 3.05) is 12.4 Å². The van der Waals surface area contributed by atoms with Crippen LogP contribution >= 0.6 is 0 Å².